The van der Waals surface area contributed by atoms with Gasteiger partial charge in [-0.3, -0.25) is 0 Å². The van der Waals surface area contributed by atoms with Gasteiger partial charge in [0.15, 0.2) is 0 Å². The summed E-state index contributed by atoms with van der Waals surface area (Å²) in [5.41, 5.74) is 0.816. The largest absolute Gasteiger partial charge is 0.444 e. The standard InChI is InChI=1S/C20H30N2O2/c1-14-15(2)18-13-21(19(23)24-20(3,4)5)11-16(14)12-22(18)17-9-7-6-8-10-17/h6-10,14-16,18H,11-13H2,1-5H3/t14?,15-,16+,18?/m0/s1. The maximum Gasteiger partial charge on any atom is 0.410 e. The first-order chi connectivity index (χ1) is 11.3. The van der Waals surface area contributed by atoms with Crippen molar-refractivity contribution in [3.05, 3.63) is 30.3 Å². The number of para-hydroxylation sites is 1. The van der Waals surface area contributed by atoms with Crippen molar-refractivity contribution in [1.29, 1.82) is 0 Å². The molecule has 0 spiro atoms. The number of anilines is 1. The second kappa shape index (κ2) is 6.30. The van der Waals surface area contributed by atoms with E-state index in [0.29, 0.717) is 23.8 Å². The molecule has 3 fully saturated rings. The molecule has 3 aliphatic rings. The van der Waals surface area contributed by atoms with Crippen LogP contribution in [0, 0.1) is 17.8 Å². The van der Waals surface area contributed by atoms with Gasteiger partial charge in [-0.25, -0.2) is 4.79 Å². The molecule has 1 aromatic rings. The molecule has 132 valence electrons. The molecule has 4 atom stereocenters. The SMILES string of the molecule is CC1[C@@H]2CN(C(=O)OC(C)(C)C)CC([C@H]1C)N(c1ccccc1)C2. The van der Waals surface area contributed by atoms with E-state index in [2.05, 4.69) is 49.1 Å². The lowest BCUT2D eigenvalue weighted by Gasteiger charge is -2.45. The maximum absolute atomic E-state index is 12.6. The summed E-state index contributed by atoms with van der Waals surface area (Å²) in [6.45, 7) is 13.0. The number of amides is 1. The second-order valence-electron chi connectivity index (χ2n) is 8.42. The van der Waals surface area contributed by atoms with Crippen molar-refractivity contribution < 1.29 is 9.53 Å². The zero-order valence-corrected chi connectivity index (χ0v) is 15.5. The Morgan fingerprint density at radius 3 is 2.33 bits per heavy atom. The summed E-state index contributed by atoms with van der Waals surface area (Å²) in [4.78, 5) is 17.1. The first-order valence-corrected chi connectivity index (χ1v) is 9.06. The van der Waals surface area contributed by atoms with Crippen molar-refractivity contribution in [3.63, 3.8) is 0 Å². The highest BCUT2D eigenvalue weighted by Gasteiger charge is 2.45. The highest BCUT2D eigenvalue weighted by Crippen LogP contribution is 2.39. The van der Waals surface area contributed by atoms with Crippen molar-refractivity contribution in [1.82, 2.24) is 4.90 Å². The highest BCUT2D eigenvalue weighted by atomic mass is 16.6. The minimum absolute atomic E-state index is 0.172. The molecule has 2 bridgehead atoms. The Bertz CT molecular complexity index is 581. The van der Waals surface area contributed by atoms with Gasteiger partial charge in [0.05, 0.1) is 0 Å². The van der Waals surface area contributed by atoms with Crippen LogP contribution >= 0.6 is 0 Å². The molecule has 3 saturated heterocycles. The number of ether oxygens (including phenoxy) is 1. The third-order valence-corrected chi connectivity index (χ3v) is 5.61. The second-order valence-corrected chi connectivity index (χ2v) is 8.42. The number of benzene rings is 1. The van der Waals surface area contributed by atoms with Crippen LogP contribution in [0.1, 0.15) is 34.6 Å². The minimum atomic E-state index is -0.446. The smallest absolute Gasteiger partial charge is 0.410 e. The van der Waals surface area contributed by atoms with Crippen molar-refractivity contribution >= 4 is 11.8 Å². The van der Waals surface area contributed by atoms with Gasteiger partial charge in [0.2, 0.25) is 0 Å². The van der Waals surface area contributed by atoms with Gasteiger partial charge in [-0.2, -0.15) is 0 Å². The van der Waals surface area contributed by atoms with E-state index < -0.39 is 5.60 Å². The summed E-state index contributed by atoms with van der Waals surface area (Å²) in [6.07, 6.45) is -0.172. The van der Waals surface area contributed by atoms with Gasteiger partial charge in [0, 0.05) is 31.4 Å². The Hall–Kier alpha value is -1.71. The summed E-state index contributed by atoms with van der Waals surface area (Å²) in [5.74, 6) is 1.64. The fraction of sp³-hybridized carbons (Fsp3) is 0.650. The maximum atomic E-state index is 12.6. The summed E-state index contributed by atoms with van der Waals surface area (Å²) >= 11 is 0. The van der Waals surface area contributed by atoms with E-state index in [-0.39, 0.29) is 6.09 Å². The normalized spacial score (nSPS) is 30.2. The Morgan fingerprint density at radius 1 is 1.04 bits per heavy atom. The van der Waals surface area contributed by atoms with Crippen LogP contribution < -0.4 is 4.90 Å². The number of carbonyl (C=O) groups is 1. The Balaban J connectivity index is 1.85. The minimum Gasteiger partial charge on any atom is -0.444 e. The summed E-state index contributed by atoms with van der Waals surface area (Å²) < 4.78 is 5.64. The average molecular weight is 330 g/mol. The first-order valence-electron chi connectivity index (χ1n) is 9.06. The number of rotatable bonds is 1. The first kappa shape index (κ1) is 17.1. The molecule has 24 heavy (non-hydrogen) atoms. The van der Waals surface area contributed by atoms with E-state index >= 15 is 0 Å². The molecule has 1 amide bonds. The van der Waals surface area contributed by atoms with Crippen molar-refractivity contribution in [3.8, 4) is 0 Å². The zero-order chi connectivity index (χ0) is 17.5. The monoisotopic (exact) mass is 330 g/mol. The fourth-order valence-electron chi connectivity index (χ4n) is 4.08. The molecular weight excluding hydrogens is 300 g/mol. The number of hydrogen-bond donors (Lipinski definition) is 0. The molecule has 4 rings (SSSR count). The lowest BCUT2D eigenvalue weighted by molar-refractivity contribution is 0.0239. The lowest BCUT2D eigenvalue weighted by atomic mass is 9.76. The van der Waals surface area contributed by atoms with Gasteiger partial charge >= 0.3 is 6.09 Å². The van der Waals surface area contributed by atoms with Crippen LogP contribution in [-0.2, 0) is 4.74 Å². The molecule has 0 radical (unpaired) electrons. The molecule has 2 unspecified atom stereocenters. The number of carbonyl (C=O) groups excluding carboxylic acids is 1. The number of piperidine rings is 1. The molecule has 0 aliphatic carbocycles. The Labute approximate surface area is 145 Å². The van der Waals surface area contributed by atoms with Gasteiger partial charge in [-0.15, -0.1) is 0 Å². The molecule has 3 heterocycles. The number of nitrogens with zero attached hydrogens (tertiary/aromatic N) is 2. The van der Waals surface area contributed by atoms with Crippen LogP contribution in [0.4, 0.5) is 10.5 Å². The number of hydrogen-bond acceptors (Lipinski definition) is 3. The predicted octanol–water partition coefficient (Wildman–Crippen LogP) is 4.01. The average Bonchev–Trinajstić information content (AvgIpc) is 2.78. The molecule has 0 aromatic heterocycles. The van der Waals surface area contributed by atoms with Crippen molar-refractivity contribution in [2.75, 3.05) is 24.5 Å². The molecule has 1 aromatic carbocycles. The van der Waals surface area contributed by atoms with Crippen LogP contribution in [0.3, 0.4) is 0 Å². The van der Waals surface area contributed by atoms with Crippen LogP contribution in [-0.4, -0.2) is 42.3 Å². The highest BCUT2D eigenvalue weighted by molar-refractivity contribution is 5.68. The third kappa shape index (κ3) is 3.38. The fourth-order valence-corrected chi connectivity index (χ4v) is 4.08. The van der Waals surface area contributed by atoms with Gasteiger partial charge in [-0.1, -0.05) is 32.0 Å². The van der Waals surface area contributed by atoms with Gasteiger partial charge < -0.3 is 14.5 Å². The van der Waals surface area contributed by atoms with Gasteiger partial charge in [-0.05, 0) is 50.7 Å². The third-order valence-electron chi connectivity index (χ3n) is 5.61. The van der Waals surface area contributed by atoms with Gasteiger partial charge in [0.1, 0.15) is 5.60 Å². The van der Waals surface area contributed by atoms with Crippen molar-refractivity contribution in [2.45, 2.75) is 46.3 Å². The summed E-state index contributed by atoms with van der Waals surface area (Å²) in [7, 11) is 0. The lowest BCUT2D eigenvalue weighted by Crippen LogP contribution is -2.52. The quantitative estimate of drug-likeness (QED) is 0.780. The molecular formula is C20H30N2O2. The molecule has 4 heteroatoms. The predicted molar refractivity (Wildman–Crippen MR) is 97.2 cm³/mol. The number of fused-ring (bicyclic) bond motifs is 4. The van der Waals surface area contributed by atoms with Crippen LogP contribution in [0.2, 0.25) is 0 Å². The van der Waals surface area contributed by atoms with E-state index in [1.807, 2.05) is 25.7 Å². The van der Waals surface area contributed by atoms with E-state index in [4.69, 9.17) is 4.74 Å². The molecule has 4 nitrogen and oxygen atoms in total. The van der Waals surface area contributed by atoms with E-state index in [0.717, 1.165) is 19.6 Å². The van der Waals surface area contributed by atoms with E-state index in [1.165, 1.54) is 5.69 Å². The van der Waals surface area contributed by atoms with Crippen LogP contribution in [0.5, 0.6) is 0 Å². The summed E-state index contributed by atoms with van der Waals surface area (Å²) in [6, 6.07) is 10.9. The van der Waals surface area contributed by atoms with E-state index in [9.17, 15) is 4.79 Å². The topological polar surface area (TPSA) is 32.8 Å². The summed E-state index contributed by atoms with van der Waals surface area (Å²) in [5, 5.41) is 0. The zero-order valence-electron chi connectivity index (χ0n) is 15.5. The molecule has 0 N–H and O–H groups in total. The van der Waals surface area contributed by atoms with Gasteiger partial charge in [0.25, 0.3) is 0 Å². The Kier molecular flexibility index (Phi) is 4.50. The molecule has 3 aliphatic heterocycles. The van der Waals surface area contributed by atoms with E-state index in [1.54, 1.807) is 0 Å². The van der Waals surface area contributed by atoms with Crippen LogP contribution in [0.15, 0.2) is 30.3 Å². The molecule has 0 saturated carbocycles. The van der Waals surface area contributed by atoms with Crippen LogP contribution in [0.25, 0.3) is 0 Å². The van der Waals surface area contributed by atoms with Crippen molar-refractivity contribution in [2.24, 2.45) is 17.8 Å². The Morgan fingerprint density at radius 2 is 1.71 bits per heavy atom.